The number of halogens is 1. The number of urea groups is 1. The van der Waals surface area contributed by atoms with Crippen molar-refractivity contribution in [2.75, 3.05) is 16.8 Å². The molecular weight excluding hydrogens is 300 g/mol. The normalized spacial score (nSPS) is 15.7. The number of hydrogen-bond donors (Lipinski definition) is 3. The summed E-state index contributed by atoms with van der Waals surface area (Å²) >= 11 is 7.63. The molecule has 2 rings (SSSR count). The van der Waals surface area contributed by atoms with E-state index in [4.69, 9.17) is 16.7 Å². The topological polar surface area (TPSA) is 78.4 Å². The molecule has 1 aliphatic heterocycles. The van der Waals surface area contributed by atoms with E-state index < -0.39 is 5.97 Å². The van der Waals surface area contributed by atoms with Crippen molar-refractivity contribution in [3.05, 3.63) is 28.8 Å². The van der Waals surface area contributed by atoms with E-state index in [2.05, 4.69) is 10.6 Å². The fourth-order valence-corrected chi connectivity index (χ4v) is 3.27. The summed E-state index contributed by atoms with van der Waals surface area (Å²) in [6.45, 7) is 0. The highest BCUT2D eigenvalue weighted by atomic mass is 35.5. The van der Waals surface area contributed by atoms with Gasteiger partial charge in [-0.15, -0.1) is 0 Å². The third-order valence-corrected chi connectivity index (χ3v) is 4.30. The van der Waals surface area contributed by atoms with Crippen molar-refractivity contribution >= 4 is 41.1 Å². The van der Waals surface area contributed by atoms with Crippen LogP contribution in [0.4, 0.5) is 10.5 Å². The molecule has 1 aromatic rings. The number of nitrogens with one attached hydrogen (secondary N) is 2. The minimum absolute atomic E-state index is 0.0214. The SMILES string of the molecule is O=C(Nc1ccc(Cl)cc1C(=O)O)NC1CCSCC1. The second-order valence-corrected chi connectivity index (χ2v) is 6.14. The van der Waals surface area contributed by atoms with E-state index in [-0.39, 0.29) is 23.3 Å². The zero-order valence-corrected chi connectivity index (χ0v) is 12.3. The van der Waals surface area contributed by atoms with Gasteiger partial charge in [0.1, 0.15) is 0 Å². The van der Waals surface area contributed by atoms with Crippen LogP contribution in [0, 0.1) is 0 Å². The first-order chi connectivity index (χ1) is 9.56. The molecule has 1 fully saturated rings. The van der Waals surface area contributed by atoms with Crippen molar-refractivity contribution in [1.82, 2.24) is 5.32 Å². The lowest BCUT2D eigenvalue weighted by atomic mass is 10.1. The van der Waals surface area contributed by atoms with Crippen molar-refractivity contribution in [1.29, 1.82) is 0 Å². The van der Waals surface area contributed by atoms with Crippen molar-refractivity contribution in [2.24, 2.45) is 0 Å². The van der Waals surface area contributed by atoms with Crippen LogP contribution in [-0.4, -0.2) is 34.7 Å². The maximum atomic E-state index is 11.9. The molecule has 0 aliphatic carbocycles. The third-order valence-electron chi connectivity index (χ3n) is 3.02. The van der Waals surface area contributed by atoms with E-state index >= 15 is 0 Å². The molecule has 5 nitrogen and oxygen atoms in total. The van der Waals surface area contributed by atoms with Gasteiger partial charge in [-0.2, -0.15) is 11.8 Å². The Hall–Kier alpha value is -1.40. The van der Waals surface area contributed by atoms with E-state index in [9.17, 15) is 9.59 Å². The molecule has 3 N–H and O–H groups in total. The van der Waals surface area contributed by atoms with Crippen LogP contribution in [0.2, 0.25) is 5.02 Å². The molecule has 7 heteroatoms. The molecule has 0 atom stereocenters. The number of carboxylic acids is 1. The van der Waals surface area contributed by atoms with Crippen LogP contribution in [0.25, 0.3) is 0 Å². The van der Waals surface area contributed by atoms with Gasteiger partial charge in [0.05, 0.1) is 11.3 Å². The number of carboxylic acid groups (broad SMARTS) is 1. The summed E-state index contributed by atoms with van der Waals surface area (Å²) in [5.41, 5.74) is 0.219. The van der Waals surface area contributed by atoms with Crippen molar-refractivity contribution < 1.29 is 14.7 Å². The number of rotatable bonds is 3. The number of benzene rings is 1. The Morgan fingerprint density at radius 3 is 2.65 bits per heavy atom. The highest BCUT2D eigenvalue weighted by molar-refractivity contribution is 7.99. The monoisotopic (exact) mass is 314 g/mol. The molecule has 0 radical (unpaired) electrons. The predicted molar refractivity (Wildman–Crippen MR) is 80.9 cm³/mol. The molecule has 1 aromatic carbocycles. The number of amides is 2. The summed E-state index contributed by atoms with van der Waals surface area (Å²) < 4.78 is 0. The number of hydrogen-bond acceptors (Lipinski definition) is 3. The van der Waals surface area contributed by atoms with E-state index in [1.807, 2.05) is 11.8 Å². The molecule has 20 heavy (non-hydrogen) atoms. The Labute approximate surface area is 126 Å². The Bertz CT molecular complexity index is 518. The number of thioether (sulfide) groups is 1. The summed E-state index contributed by atoms with van der Waals surface area (Å²) in [5.74, 6) is 0.940. The Morgan fingerprint density at radius 2 is 2.00 bits per heavy atom. The number of carbonyl (C=O) groups excluding carboxylic acids is 1. The lowest BCUT2D eigenvalue weighted by molar-refractivity contribution is 0.0698. The highest BCUT2D eigenvalue weighted by Gasteiger charge is 2.18. The fraction of sp³-hybridized carbons (Fsp3) is 0.385. The lowest BCUT2D eigenvalue weighted by Crippen LogP contribution is -2.40. The van der Waals surface area contributed by atoms with Crippen LogP contribution in [0.5, 0.6) is 0 Å². The fourth-order valence-electron chi connectivity index (χ4n) is 1.99. The summed E-state index contributed by atoms with van der Waals surface area (Å²) in [4.78, 5) is 23.0. The van der Waals surface area contributed by atoms with Gasteiger partial charge in [0, 0.05) is 11.1 Å². The van der Waals surface area contributed by atoms with Gasteiger partial charge in [-0.05, 0) is 42.5 Å². The third kappa shape index (κ3) is 4.05. The van der Waals surface area contributed by atoms with E-state index in [1.54, 1.807) is 6.07 Å². The van der Waals surface area contributed by atoms with E-state index in [1.165, 1.54) is 12.1 Å². The molecule has 0 bridgehead atoms. The molecule has 2 amide bonds. The Morgan fingerprint density at radius 1 is 1.30 bits per heavy atom. The van der Waals surface area contributed by atoms with E-state index in [0.717, 1.165) is 24.3 Å². The molecule has 108 valence electrons. The van der Waals surface area contributed by atoms with Gasteiger partial charge in [-0.3, -0.25) is 0 Å². The average molecular weight is 315 g/mol. The zero-order chi connectivity index (χ0) is 14.5. The zero-order valence-electron chi connectivity index (χ0n) is 10.7. The molecule has 0 aromatic heterocycles. The minimum Gasteiger partial charge on any atom is -0.478 e. The Balaban J connectivity index is 2.01. The second-order valence-electron chi connectivity index (χ2n) is 4.48. The van der Waals surface area contributed by atoms with Crippen molar-refractivity contribution in [3.8, 4) is 0 Å². The van der Waals surface area contributed by atoms with Gasteiger partial charge < -0.3 is 15.7 Å². The van der Waals surface area contributed by atoms with E-state index in [0.29, 0.717) is 5.02 Å². The molecule has 0 unspecified atom stereocenters. The largest absolute Gasteiger partial charge is 0.478 e. The highest BCUT2D eigenvalue weighted by Crippen LogP contribution is 2.21. The van der Waals surface area contributed by atoms with Crippen LogP contribution in [0.3, 0.4) is 0 Å². The Kier molecular flexibility index (Phi) is 5.14. The van der Waals surface area contributed by atoms with Crippen LogP contribution >= 0.6 is 23.4 Å². The molecule has 1 saturated heterocycles. The summed E-state index contributed by atoms with van der Waals surface area (Å²) in [6.07, 6.45) is 1.87. The molecule has 0 spiro atoms. The maximum Gasteiger partial charge on any atom is 0.337 e. The molecule has 1 heterocycles. The van der Waals surface area contributed by atoms with Gasteiger partial charge in [-0.1, -0.05) is 11.6 Å². The summed E-state index contributed by atoms with van der Waals surface area (Å²) in [6, 6.07) is 4.11. The smallest absolute Gasteiger partial charge is 0.337 e. The number of aromatic carboxylic acids is 1. The predicted octanol–water partition coefficient (Wildman–Crippen LogP) is 3.06. The van der Waals surface area contributed by atoms with Gasteiger partial charge in [0.15, 0.2) is 0 Å². The van der Waals surface area contributed by atoms with Crippen LogP contribution < -0.4 is 10.6 Å². The number of anilines is 1. The van der Waals surface area contributed by atoms with Crippen molar-refractivity contribution in [3.63, 3.8) is 0 Å². The van der Waals surface area contributed by atoms with Gasteiger partial charge in [0.2, 0.25) is 0 Å². The van der Waals surface area contributed by atoms with Gasteiger partial charge in [-0.25, -0.2) is 9.59 Å². The van der Waals surface area contributed by atoms with Crippen molar-refractivity contribution in [2.45, 2.75) is 18.9 Å². The summed E-state index contributed by atoms with van der Waals surface area (Å²) in [5, 5.41) is 14.8. The molecular formula is C13H15ClN2O3S. The molecule has 1 aliphatic rings. The first kappa shape index (κ1) is 15.0. The van der Waals surface area contributed by atoms with Crippen LogP contribution in [0.1, 0.15) is 23.2 Å². The maximum absolute atomic E-state index is 11.9. The minimum atomic E-state index is -1.13. The first-order valence-electron chi connectivity index (χ1n) is 6.24. The summed E-state index contributed by atoms with van der Waals surface area (Å²) in [7, 11) is 0. The first-order valence-corrected chi connectivity index (χ1v) is 7.77. The van der Waals surface area contributed by atoms with Gasteiger partial charge in [0.25, 0.3) is 0 Å². The standard InChI is InChI=1S/C13H15ClN2O3S/c14-8-1-2-11(10(7-8)12(17)18)16-13(19)15-9-3-5-20-6-4-9/h1-2,7,9H,3-6H2,(H,17,18)(H2,15,16,19). The second kappa shape index (κ2) is 6.85. The van der Waals surface area contributed by atoms with Crippen LogP contribution in [-0.2, 0) is 0 Å². The molecule has 0 saturated carbocycles. The number of carbonyl (C=O) groups is 2. The van der Waals surface area contributed by atoms with Crippen LogP contribution in [0.15, 0.2) is 18.2 Å². The lowest BCUT2D eigenvalue weighted by Gasteiger charge is -2.22. The van der Waals surface area contributed by atoms with Gasteiger partial charge >= 0.3 is 12.0 Å². The quantitative estimate of drug-likeness (QED) is 0.801. The average Bonchev–Trinajstić information content (AvgIpc) is 2.41.